The van der Waals surface area contributed by atoms with E-state index < -0.39 is 0 Å². The van der Waals surface area contributed by atoms with E-state index >= 15 is 0 Å². The second kappa shape index (κ2) is 5.92. The highest BCUT2D eigenvalue weighted by molar-refractivity contribution is 4.90. The van der Waals surface area contributed by atoms with Gasteiger partial charge in [0.1, 0.15) is 0 Å². The van der Waals surface area contributed by atoms with Gasteiger partial charge in [-0.2, -0.15) is 0 Å². The van der Waals surface area contributed by atoms with Crippen molar-refractivity contribution in [3.05, 3.63) is 0 Å². The first-order chi connectivity index (χ1) is 8.81. The Balaban J connectivity index is 1.50. The van der Waals surface area contributed by atoms with Gasteiger partial charge in [0.05, 0.1) is 0 Å². The third kappa shape index (κ3) is 3.08. The van der Waals surface area contributed by atoms with Crippen LogP contribution in [-0.2, 0) is 0 Å². The maximum absolute atomic E-state index is 3.98. The first-order valence-electron chi connectivity index (χ1n) is 8.31. The molecule has 0 aromatic carbocycles. The average molecular weight is 250 g/mol. The van der Waals surface area contributed by atoms with E-state index in [1.165, 1.54) is 70.9 Å². The summed E-state index contributed by atoms with van der Waals surface area (Å²) in [4.78, 5) is 2.79. The van der Waals surface area contributed by atoms with Crippen molar-refractivity contribution in [1.29, 1.82) is 0 Å². The molecule has 1 saturated heterocycles. The Morgan fingerprint density at radius 3 is 2.28 bits per heavy atom. The number of hydrogen-bond donors (Lipinski definition) is 1. The summed E-state index contributed by atoms with van der Waals surface area (Å²) >= 11 is 0. The summed E-state index contributed by atoms with van der Waals surface area (Å²) in [5, 5.41) is 3.98. The Morgan fingerprint density at radius 2 is 1.61 bits per heavy atom. The molecular formula is C16H30N2. The third-order valence-corrected chi connectivity index (χ3v) is 5.36. The molecule has 0 bridgehead atoms. The van der Waals surface area contributed by atoms with Gasteiger partial charge >= 0.3 is 0 Å². The minimum absolute atomic E-state index is 0.775. The molecule has 3 rings (SSSR count). The summed E-state index contributed by atoms with van der Waals surface area (Å²) in [5.74, 6) is 0.889. The summed E-state index contributed by atoms with van der Waals surface area (Å²) in [6.45, 7) is 5.12. The first kappa shape index (κ1) is 12.9. The topological polar surface area (TPSA) is 15.3 Å². The second-order valence-corrected chi connectivity index (χ2v) is 7.08. The molecule has 2 unspecified atom stereocenters. The minimum Gasteiger partial charge on any atom is -0.310 e. The number of piperidine rings is 1. The van der Waals surface area contributed by atoms with E-state index in [2.05, 4.69) is 17.1 Å². The fourth-order valence-corrected chi connectivity index (χ4v) is 4.17. The van der Waals surface area contributed by atoms with Gasteiger partial charge in [-0.25, -0.2) is 0 Å². The van der Waals surface area contributed by atoms with Crippen molar-refractivity contribution in [2.24, 2.45) is 5.92 Å². The smallest absolute Gasteiger partial charge is 0.0200 e. The van der Waals surface area contributed by atoms with Crippen LogP contribution < -0.4 is 5.32 Å². The highest BCUT2D eigenvalue weighted by Gasteiger charge is 2.32. The Hall–Kier alpha value is -0.0800. The minimum atomic E-state index is 0.775. The molecule has 0 aromatic heterocycles. The lowest BCUT2D eigenvalue weighted by atomic mass is 9.86. The largest absolute Gasteiger partial charge is 0.310 e. The van der Waals surface area contributed by atoms with Crippen LogP contribution in [0.1, 0.15) is 64.7 Å². The van der Waals surface area contributed by atoms with E-state index in [0.29, 0.717) is 0 Å². The number of nitrogens with one attached hydrogen (secondary N) is 1. The van der Waals surface area contributed by atoms with Gasteiger partial charge in [-0.1, -0.05) is 32.6 Å². The zero-order chi connectivity index (χ0) is 12.4. The van der Waals surface area contributed by atoms with Crippen LogP contribution in [0.3, 0.4) is 0 Å². The van der Waals surface area contributed by atoms with E-state index in [-0.39, 0.29) is 0 Å². The van der Waals surface area contributed by atoms with E-state index in [1.807, 2.05) is 0 Å². The number of likely N-dealkylation sites (tertiary alicyclic amines) is 1. The van der Waals surface area contributed by atoms with E-state index in [1.54, 1.807) is 0 Å². The number of hydrogen-bond acceptors (Lipinski definition) is 2. The average Bonchev–Trinajstić information content (AvgIpc) is 2.27. The van der Waals surface area contributed by atoms with Crippen LogP contribution in [0.5, 0.6) is 0 Å². The van der Waals surface area contributed by atoms with E-state index in [4.69, 9.17) is 0 Å². The molecular weight excluding hydrogens is 220 g/mol. The monoisotopic (exact) mass is 250 g/mol. The van der Waals surface area contributed by atoms with Gasteiger partial charge in [0.15, 0.2) is 0 Å². The van der Waals surface area contributed by atoms with Crippen LogP contribution in [0.2, 0.25) is 0 Å². The zero-order valence-electron chi connectivity index (χ0n) is 12.0. The summed E-state index contributed by atoms with van der Waals surface area (Å²) in [6.07, 6.45) is 13.0. The number of rotatable bonds is 3. The van der Waals surface area contributed by atoms with Gasteiger partial charge in [0, 0.05) is 31.2 Å². The van der Waals surface area contributed by atoms with Crippen molar-refractivity contribution in [1.82, 2.24) is 10.2 Å². The van der Waals surface area contributed by atoms with Crippen LogP contribution in [0.4, 0.5) is 0 Å². The molecule has 1 heterocycles. The maximum atomic E-state index is 3.98. The van der Waals surface area contributed by atoms with E-state index in [0.717, 1.165) is 24.0 Å². The van der Waals surface area contributed by atoms with Gasteiger partial charge in [0.25, 0.3) is 0 Å². The lowest BCUT2D eigenvalue weighted by molar-refractivity contribution is 0.0590. The van der Waals surface area contributed by atoms with Gasteiger partial charge in [0.2, 0.25) is 0 Å². The Kier molecular flexibility index (Phi) is 4.25. The summed E-state index contributed by atoms with van der Waals surface area (Å²) in [5.41, 5.74) is 0. The quantitative estimate of drug-likeness (QED) is 0.827. The van der Waals surface area contributed by atoms with E-state index in [9.17, 15) is 0 Å². The van der Waals surface area contributed by atoms with Crippen LogP contribution >= 0.6 is 0 Å². The lowest BCUT2D eigenvalue weighted by Gasteiger charge is -2.45. The summed E-state index contributed by atoms with van der Waals surface area (Å²) < 4.78 is 0. The molecule has 2 atom stereocenters. The van der Waals surface area contributed by atoms with Crippen LogP contribution in [0.25, 0.3) is 0 Å². The van der Waals surface area contributed by atoms with Crippen molar-refractivity contribution in [3.63, 3.8) is 0 Å². The molecule has 3 aliphatic rings. The zero-order valence-corrected chi connectivity index (χ0v) is 12.0. The molecule has 0 spiro atoms. The molecule has 18 heavy (non-hydrogen) atoms. The van der Waals surface area contributed by atoms with Gasteiger partial charge < -0.3 is 5.32 Å². The van der Waals surface area contributed by atoms with Crippen LogP contribution in [-0.4, -0.2) is 36.1 Å². The van der Waals surface area contributed by atoms with Crippen LogP contribution in [0, 0.1) is 5.92 Å². The van der Waals surface area contributed by atoms with Crippen molar-refractivity contribution < 1.29 is 0 Å². The fraction of sp³-hybridized carbons (Fsp3) is 1.00. The Bertz CT molecular complexity index is 254. The highest BCUT2D eigenvalue weighted by atomic mass is 15.2. The standard InChI is InChI=1S/C16H30N2/c1-13-10-15(17-14-6-3-2-4-7-14)12-18(11-13)16-8-5-9-16/h13-17H,2-12H2,1H3. The molecule has 2 heteroatoms. The Labute approximate surface area is 113 Å². The van der Waals surface area contributed by atoms with Crippen molar-refractivity contribution >= 4 is 0 Å². The molecule has 0 amide bonds. The highest BCUT2D eigenvalue weighted by Crippen LogP contribution is 2.29. The van der Waals surface area contributed by atoms with Crippen molar-refractivity contribution in [2.75, 3.05) is 13.1 Å². The third-order valence-electron chi connectivity index (χ3n) is 5.36. The summed E-state index contributed by atoms with van der Waals surface area (Å²) in [6, 6.07) is 2.54. The van der Waals surface area contributed by atoms with Crippen molar-refractivity contribution in [3.8, 4) is 0 Å². The molecule has 2 nitrogen and oxygen atoms in total. The molecule has 104 valence electrons. The molecule has 1 aliphatic heterocycles. The van der Waals surface area contributed by atoms with Gasteiger partial charge in [-0.15, -0.1) is 0 Å². The molecule has 0 aromatic rings. The molecule has 1 N–H and O–H groups in total. The molecule has 0 radical (unpaired) electrons. The molecule has 3 fully saturated rings. The Morgan fingerprint density at radius 1 is 0.833 bits per heavy atom. The molecule has 2 aliphatic carbocycles. The predicted octanol–water partition coefficient (Wildman–Crippen LogP) is 3.17. The molecule has 2 saturated carbocycles. The lowest BCUT2D eigenvalue weighted by Crippen LogP contribution is -2.55. The predicted molar refractivity (Wildman–Crippen MR) is 76.8 cm³/mol. The normalized spacial score (nSPS) is 36.5. The van der Waals surface area contributed by atoms with Gasteiger partial charge in [-0.05, 0) is 38.0 Å². The van der Waals surface area contributed by atoms with Crippen molar-refractivity contribution in [2.45, 2.75) is 82.8 Å². The second-order valence-electron chi connectivity index (χ2n) is 7.08. The first-order valence-corrected chi connectivity index (χ1v) is 8.31. The van der Waals surface area contributed by atoms with Crippen LogP contribution in [0.15, 0.2) is 0 Å². The number of nitrogens with zero attached hydrogens (tertiary/aromatic N) is 1. The maximum Gasteiger partial charge on any atom is 0.0200 e. The summed E-state index contributed by atoms with van der Waals surface area (Å²) in [7, 11) is 0. The SMILES string of the molecule is CC1CC(NC2CCCCC2)CN(C2CCC2)C1. The van der Waals surface area contributed by atoms with Gasteiger partial charge in [-0.3, -0.25) is 4.90 Å². The fourth-order valence-electron chi connectivity index (χ4n) is 4.17.